The van der Waals surface area contributed by atoms with Crippen LogP contribution in [0.4, 0.5) is 0 Å². The summed E-state index contributed by atoms with van der Waals surface area (Å²) in [5.41, 5.74) is 8.92. The van der Waals surface area contributed by atoms with Gasteiger partial charge in [0.1, 0.15) is 11.0 Å². The molecule has 0 unspecified atom stereocenters. The minimum atomic E-state index is 0.481. The topological polar surface area (TPSA) is 103 Å². The normalized spacial score (nSPS) is 12.3. The van der Waals surface area contributed by atoms with E-state index < -0.39 is 0 Å². The number of hydrogen-bond donors (Lipinski definition) is 0. The van der Waals surface area contributed by atoms with Gasteiger partial charge in [-0.15, -0.1) is 0 Å². The Hall–Kier alpha value is -6.02. The summed E-state index contributed by atoms with van der Waals surface area (Å²) < 4.78 is 0. The highest BCUT2D eigenvalue weighted by Gasteiger charge is 2.18. The maximum Gasteiger partial charge on any atom is 0.198 e. The lowest BCUT2D eigenvalue weighted by Crippen LogP contribution is -1.97. The second kappa shape index (κ2) is 7.80. The van der Waals surface area contributed by atoms with Gasteiger partial charge in [-0.2, -0.15) is 0 Å². The summed E-state index contributed by atoms with van der Waals surface area (Å²) >= 11 is 0. The van der Waals surface area contributed by atoms with Crippen molar-refractivity contribution >= 4 is 98.8 Å². The van der Waals surface area contributed by atoms with Gasteiger partial charge >= 0.3 is 0 Å². The summed E-state index contributed by atoms with van der Waals surface area (Å²) in [5.74, 6) is 0. The molecule has 0 amide bonds. The van der Waals surface area contributed by atoms with Crippen molar-refractivity contribution in [3.8, 4) is 0 Å². The third kappa shape index (κ3) is 2.84. The first-order valence-corrected chi connectivity index (χ1v) is 13.6. The molecule has 4 heterocycles. The molecule has 0 radical (unpaired) electrons. The zero-order valence-electron chi connectivity index (χ0n) is 21.8. The Bertz CT molecular complexity index is 2730. The number of nitrogens with zero attached hydrogens (tertiary/aromatic N) is 8. The van der Waals surface area contributed by atoms with Crippen molar-refractivity contribution in [3.05, 3.63) is 97.3 Å². The van der Waals surface area contributed by atoms with Crippen LogP contribution in [0.3, 0.4) is 0 Å². The maximum atomic E-state index is 5.26. The highest BCUT2D eigenvalue weighted by atomic mass is 15.0. The molecule has 0 saturated carbocycles. The van der Waals surface area contributed by atoms with Crippen LogP contribution in [0.2, 0.25) is 0 Å². The van der Waals surface area contributed by atoms with Crippen molar-refractivity contribution in [1.82, 2.24) is 39.9 Å². The Morgan fingerprint density at radius 2 is 0.857 bits per heavy atom. The van der Waals surface area contributed by atoms with Gasteiger partial charge < -0.3 is 0 Å². The monoisotopic (exact) mass is 536 g/mol. The minimum absolute atomic E-state index is 0.481. The van der Waals surface area contributed by atoms with Gasteiger partial charge in [0.15, 0.2) is 11.3 Å². The standard InChI is InChI=1S/C34H16N8/c1-2-6-20-17(5-1)18-9-10-21-19(11-12-24-28(21)38-23-8-4-3-7-22(23)37-24)27(18)32-29(20)41-30-25(39-32)13-14-26-31(30)42-34-33(40-26)35-15-16-36-34/h1-16H. The minimum Gasteiger partial charge on any atom is -0.244 e. The fourth-order valence-corrected chi connectivity index (χ4v) is 6.25. The largest absolute Gasteiger partial charge is 0.244 e. The van der Waals surface area contributed by atoms with Crippen LogP contribution in [0.1, 0.15) is 0 Å². The zero-order valence-corrected chi connectivity index (χ0v) is 21.8. The molecule has 0 atom stereocenters. The van der Waals surface area contributed by atoms with Gasteiger partial charge in [-0.05, 0) is 46.5 Å². The molecule has 0 aliphatic carbocycles. The predicted molar refractivity (Wildman–Crippen MR) is 166 cm³/mol. The van der Waals surface area contributed by atoms with E-state index in [-0.39, 0.29) is 0 Å². The van der Waals surface area contributed by atoms with Gasteiger partial charge in [0.05, 0.1) is 44.1 Å². The van der Waals surface area contributed by atoms with Crippen LogP contribution in [0, 0.1) is 0 Å². The van der Waals surface area contributed by atoms with Gasteiger partial charge in [0.2, 0.25) is 0 Å². The van der Waals surface area contributed by atoms with Crippen molar-refractivity contribution in [3.63, 3.8) is 0 Å². The van der Waals surface area contributed by atoms with Gasteiger partial charge in [-0.3, -0.25) is 0 Å². The fraction of sp³-hybridized carbons (Fsp3) is 0. The Kier molecular flexibility index (Phi) is 4.04. The molecule has 4 aromatic heterocycles. The van der Waals surface area contributed by atoms with E-state index >= 15 is 0 Å². The number of benzene rings is 6. The van der Waals surface area contributed by atoms with Gasteiger partial charge in [-0.25, -0.2) is 39.9 Å². The third-order valence-corrected chi connectivity index (χ3v) is 8.11. The van der Waals surface area contributed by atoms with Crippen LogP contribution in [0.5, 0.6) is 0 Å². The zero-order chi connectivity index (χ0) is 27.4. The van der Waals surface area contributed by atoms with E-state index in [4.69, 9.17) is 29.9 Å². The van der Waals surface area contributed by atoms with Crippen molar-refractivity contribution in [1.29, 1.82) is 0 Å². The molecule has 8 nitrogen and oxygen atoms in total. The molecule has 42 heavy (non-hydrogen) atoms. The summed E-state index contributed by atoms with van der Waals surface area (Å²) in [6.07, 6.45) is 3.24. The lowest BCUT2D eigenvalue weighted by Gasteiger charge is -2.14. The molecule has 8 heteroatoms. The molecule has 0 aliphatic heterocycles. The molecule has 0 bridgehead atoms. The summed E-state index contributed by atoms with van der Waals surface area (Å²) in [7, 11) is 0. The lowest BCUT2D eigenvalue weighted by atomic mass is 9.94. The molecule has 192 valence electrons. The molecule has 0 N–H and O–H groups in total. The van der Waals surface area contributed by atoms with E-state index in [1.807, 2.05) is 42.5 Å². The Morgan fingerprint density at radius 1 is 0.310 bits per heavy atom. The Balaban J connectivity index is 1.41. The molecule has 0 fully saturated rings. The van der Waals surface area contributed by atoms with Crippen LogP contribution in [0.15, 0.2) is 97.3 Å². The van der Waals surface area contributed by atoms with E-state index in [9.17, 15) is 0 Å². The number of rotatable bonds is 0. The van der Waals surface area contributed by atoms with Crippen LogP contribution in [-0.4, -0.2) is 39.9 Å². The second-order valence-electron chi connectivity index (χ2n) is 10.4. The van der Waals surface area contributed by atoms with Crippen LogP contribution in [0.25, 0.3) is 98.8 Å². The van der Waals surface area contributed by atoms with Crippen molar-refractivity contribution in [2.24, 2.45) is 0 Å². The van der Waals surface area contributed by atoms with E-state index in [1.54, 1.807) is 12.4 Å². The Labute approximate surface area is 235 Å². The summed E-state index contributed by atoms with van der Waals surface area (Å²) in [4.78, 5) is 38.7. The van der Waals surface area contributed by atoms with Crippen molar-refractivity contribution < 1.29 is 0 Å². The molecule has 10 rings (SSSR count). The average Bonchev–Trinajstić information content (AvgIpc) is 3.05. The quantitative estimate of drug-likeness (QED) is 0.148. The first-order valence-electron chi connectivity index (χ1n) is 13.6. The van der Waals surface area contributed by atoms with Gasteiger partial charge in [0.25, 0.3) is 0 Å². The maximum absolute atomic E-state index is 5.26. The van der Waals surface area contributed by atoms with E-state index in [1.165, 1.54) is 0 Å². The van der Waals surface area contributed by atoms with Crippen molar-refractivity contribution in [2.75, 3.05) is 0 Å². The average molecular weight is 537 g/mol. The number of aromatic nitrogens is 8. The molecule has 0 spiro atoms. The molecule has 6 aromatic carbocycles. The number of hydrogen-bond acceptors (Lipinski definition) is 8. The summed E-state index contributed by atoms with van der Waals surface area (Å²) in [6.45, 7) is 0. The fourth-order valence-electron chi connectivity index (χ4n) is 6.25. The SMILES string of the molecule is c1ccc2nc3c(ccc4c3ccc3c5ccccc5c5nc6c(ccc7nc8nccnc8nc76)nc5c34)nc2c1. The molecular weight excluding hydrogens is 520 g/mol. The lowest BCUT2D eigenvalue weighted by molar-refractivity contribution is 1.20. The molecule has 0 aliphatic rings. The van der Waals surface area contributed by atoms with E-state index in [2.05, 4.69) is 52.4 Å². The van der Waals surface area contributed by atoms with Gasteiger partial charge in [0, 0.05) is 28.6 Å². The highest BCUT2D eigenvalue weighted by molar-refractivity contribution is 6.32. The van der Waals surface area contributed by atoms with E-state index in [0.29, 0.717) is 27.8 Å². The first kappa shape index (κ1) is 21.8. The van der Waals surface area contributed by atoms with E-state index in [0.717, 1.165) is 70.9 Å². The molecule has 0 saturated heterocycles. The highest BCUT2D eigenvalue weighted by Crippen LogP contribution is 2.40. The van der Waals surface area contributed by atoms with Crippen molar-refractivity contribution in [2.45, 2.75) is 0 Å². The van der Waals surface area contributed by atoms with Crippen LogP contribution in [-0.2, 0) is 0 Å². The summed E-state index contributed by atoms with van der Waals surface area (Å²) in [6, 6.07) is 28.8. The number of para-hydroxylation sites is 2. The Morgan fingerprint density at radius 3 is 1.71 bits per heavy atom. The smallest absolute Gasteiger partial charge is 0.198 e. The second-order valence-corrected chi connectivity index (χ2v) is 10.4. The predicted octanol–water partition coefficient (Wildman–Crippen LogP) is 7.23. The summed E-state index contributed by atoms with van der Waals surface area (Å²) in [5, 5.41) is 6.41. The number of fused-ring (bicyclic) bond motifs is 15. The molecule has 10 aromatic rings. The first-order chi connectivity index (χ1) is 20.8. The third-order valence-electron chi connectivity index (χ3n) is 8.11. The van der Waals surface area contributed by atoms with Gasteiger partial charge in [-0.1, -0.05) is 54.6 Å². The van der Waals surface area contributed by atoms with Crippen LogP contribution < -0.4 is 0 Å². The van der Waals surface area contributed by atoms with Crippen LogP contribution >= 0.6 is 0 Å². The molecular formula is C34H16N8.